The molecule has 1 heterocycles. The number of halogens is 1. The Labute approximate surface area is 169 Å². The number of amides is 1. The Morgan fingerprint density at radius 2 is 1.96 bits per heavy atom. The van der Waals surface area contributed by atoms with E-state index in [1.165, 1.54) is 23.9 Å². The number of carbonyl (C=O) groups excluding carboxylic acids is 1. The molecule has 0 unspecified atom stereocenters. The highest BCUT2D eigenvalue weighted by Crippen LogP contribution is 2.24. The van der Waals surface area contributed by atoms with Gasteiger partial charge in [-0.25, -0.2) is 0 Å². The van der Waals surface area contributed by atoms with E-state index < -0.39 is 4.92 Å². The van der Waals surface area contributed by atoms with Gasteiger partial charge in [0.2, 0.25) is 17.6 Å². The van der Waals surface area contributed by atoms with Crippen molar-refractivity contribution in [2.24, 2.45) is 0 Å². The molecule has 1 aromatic heterocycles. The van der Waals surface area contributed by atoms with Gasteiger partial charge in [-0.15, -0.1) is 11.8 Å². The topological polar surface area (TPSA) is 111 Å². The van der Waals surface area contributed by atoms with Crippen molar-refractivity contribution in [3.05, 3.63) is 75.1 Å². The number of hydrogen-bond acceptors (Lipinski definition) is 7. The van der Waals surface area contributed by atoms with Crippen LogP contribution in [-0.4, -0.2) is 26.7 Å². The van der Waals surface area contributed by atoms with E-state index in [0.29, 0.717) is 22.2 Å². The van der Waals surface area contributed by atoms with Gasteiger partial charge in [0.05, 0.1) is 22.2 Å². The minimum Gasteiger partial charge on any atom is -0.346 e. The number of nitro benzene ring substituents is 1. The maximum absolute atomic E-state index is 11.9. The Bertz CT molecular complexity index is 978. The lowest BCUT2D eigenvalue weighted by atomic mass is 10.2. The van der Waals surface area contributed by atoms with Crippen LogP contribution in [0.3, 0.4) is 0 Å². The van der Waals surface area contributed by atoms with Crippen LogP contribution in [0.1, 0.15) is 11.5 Å². The van der Waals surface area contributed by atoms with Crippen LogP contribution in [0.25, 0.3) is 11.4 Å². The highest BCUT2D eigenvalue weighted by Gasteiger charge is 2.12. The first kappa shape index (κ1) is 19.8. The number of hydrogen-bond donors (Lipinski definition) is 1. The molecule has 3 rings (SSSR count). The average Bonchev–Trinajstić information content (AvgIpc) is 3.16. The fourth-order valence-electron chi connectivity index (χ4n) is 2.28. The van der Waals surface area contributed by atoms with Gasteiger partial charge in [0.1, 0.15) is 0 Å². The summed E-state index contributed by atoms with van der Waals surface area (Å²) in [6.07, 6.45) is 0. The Kier molecular flexibility index (Phi) is 6.62. The summed E-state index contributed by atoms with van der Waals surface area (Å²) in [7, 11) is 0. The van der Waals surface area contributed by atoms with Crippen LogP contribution in [0, 0.1) is 10.1 Å². The summed E-state index contributed by atoms with van der Waals surface area (Å²) in [5.41, 5.74) is 1.61. The monoisotopic (exact) mass is 418 g/mol. The standard InChI is InChI=1S/C18H15ClN4O4S/c19-15-4-2-1-3-14(15)18-21-17(27-22-18)9-20-16(24)11-28-10-12-5-7-13(8-6-12)23(25)26/h1-8H,9-11H2,(H,20,24). The summed E-state index contributed by atoms with van der Waals surface area (Å²) >= 11 is 7.50. The number of aromatic nitrogens is 2. The first-order valence-electron chi connectivity index (χ1n) is 8.18. The molecule has 0 aliphatic carbocycles. The lowest BCUT2D eigenvalue weighted by Crippen LogP contribution is -2.24. The normalized spacial score (nSPS) is 10.6. The number of non-ortho nitro benzene ring substituents is 1. The van der Waals surface area contributed by atoms with E-state index in [4.69, 9.17) is 16.1 Å². The predicted octanol–water partition coefficient (Wildman–Crippen LogP) is 3.85. The molecule has 0 spiro atoms. The smallest absolute Gasteiger partial charge is 0.269 e. The van der Waals surface area contributed by atoms with E-state index in [0.717, 1.165) is 5.56 Å². The third-order valence-corrected chi connectivity index (χ3v) is 5.00. The minimum atomic E-state index is -0.445. The number of rotatable bonds is 8. The van der Waals surface area contributed by atoms with Gasteiger partial charge in [-0.05, 0) is 17.7 Å². The summed E-state index contributed by atoms with van der Waals surface area (Å²) in [6, 6.07) is 13.4. The van der Waals surface area contributed by atoms with E-state index in [2.05, 4.69) is 15.5 Å². The molecular formula is C18H15ClN4O4S. The Balaban J connectivity index is 1.43. The van der Waals surface area contributed by atoms with Crippen molar-refractivity contribution in [3.63, 3.8) is 0 Å². The second kappa shape index (κ2) is 9.34. The number of nitrogens with zero attached hydrogens (tertiary/aromatic N) is 3. The zero-order valence-corrected chi connectivity index (χ0v) is 16.1. The van der Waals surface area contributed by atoms with Gasteiger partial charge in [0.25, 0.3) is 5.69 Å². The van der Waals surface area contributed by atoms with Crippen molar-refractivity contribution in [3.8, 4) is 11.4 Å². The second-order valence-corrected chi connectivity index (χ2v) is 7.08. The molecule has 10 heteroatoms. The molecule has 8 nitrogen and oxygen atoms in total. The molecule has 0 radical (unpaired) electrons. The summed E-state index contributed by atoms with van der Waals surface area (Å²) in [6.45, 7) is 0.119. The SMILES string of the molecule is O=C(CSCc1ccc([N+](=O)[O-])cc1)NCc1nc(-c2ccccc2Cl)no1. The van der Waals surface area contributed by atoms with Crippen molar-refractivity contribution in [2.45, 2.75) is 12.3 Å². The number of benzene rings is 2. The van der Waals surface area contributed by atoms with Crippen molar-refractivity contribution < 1.29 is 14.2 Å². The maximum Gasteiger partial charge on any atom is 0.269 e. The van der Waals surface area contributed by atoms with Crippen molar-refractivity contribution in [2.75, 3.05) is 5.75 Å². The molecule has 0 bridgehead atoms. The molecule has 0 aliphatic rings. The molecule has 2 aromatic carbocycles. The fraction of sp³-hybridized carbons (Fsp3) is 0.167. The van der Waals surface area contributed by atoms with Crippen LogP contribution in [0.2, 0.25) is 5.02 Å². The van der Waals surface area contributed by atoms with E-state index in [-0.39, 0.29) is 29.8 Å². The molecule has 1 amide bonds. The summed E-state index contributed by atoms with van der Waals surface area (Å²) in [4.78, 5) is 26.4. The van der Waals surface area contributed by atoms with E-state index in [1.807, 2.05) is 6.07 Å². The zero-order valence-electron chi connectivity index (χ0n) is 14.5. The Morgan fingerprint density at radius 3 is 2.68 bits per heavy atom. The Morgan fingerprint density at radius 1 is 1.21 bits per heavy atom. The van der Waals surface area contributed by atoms with Crippen LogP contribution in [-0.2, 0) is 17.1 Å². The second-order valence-electron chi connectivity index (χ2n) is 5.68. The number of thioether (sulfide) groups is 1. The van der Waals surface area contributed by atoms with E-state index >= 15 is 0 Å². The first-order valence-corrected chi connectivity index (χ1v) is 9.71. The molecule has 0 aliphatic heterocycles. The lowest BCUT2D eigenvalue weighted by molar-refractivity contribution is -0.384. The molecule has 1 N–H and O–H groups in total. The van der Waals surface area contributed by atoms with E-state index in [9.17, 15) is 14.9 Å². The Hall–Kier alpha value is -2.91. The summed E-state index contributed by atoms with van der Waals surface area (Å²) in [5.74, 6) is 1.28. The highest BCUT2D eigenvalue weighted by molar-refractivity contribution is 7.99. The van der Waals surface area contributed by atoms with Crippen LogP contribution >= 0.6 is 23.4 Å². The summed E-state index contributed by atoms with van der Waals surface area (Å²) in [5, 5.41) is 17.7. The number of carbonyl (C=O) groups is 1. The van der Waals surface area contributed by atoms with Gasteiger partial charge in [-0.2, -0.15) is 4.98 Å². The minimum absolute atomic E-state index is 0.0437. The van der Waals surface area contributed by atoms with Crippen molar-refractivity contribution in [1.29, 1.82) is 0 Å². The molecular weight excluding hydrogens is 404 g/mol. The molecule has 0 saturated heterocycles. The van der Waals surface area contributed by atoms with Gasteiger partial charge < -0.3 is 9.84 Å². The van der Waals surface area contributed by atoms with Crippen LogP contribution in [0.15, 0.2) is 53.1 Å². The van der Waals surface area contributed by atoms with Gasteiger partial charge >= 0.3 is 0 Å². The van der Waals surface area contributed by atoms with Gasteiger partial charge in [-0.3, -0.25) is 14.9 Å². The first-order chi connectivity index (χ1) is 13.5. The molecule has 0 atom stereocenters. The molecule has 28 heavy (non-hydrogen) atoms. The fourth-order valence-corrected chi connectivity index (χ4v) is 3.32. The van der Waals surface area contributed by atoms with E-state index in [1.54, 1.807) is 30.3 Å². The lowest BCUT2D eigenvalue weighted by Gasteiger charge is -2.03. The van der Waals surface area contributed by atoms with Crippen LogP contribution in [0.5, 0.6) is 0 Å². The van der Waals surface area contributed by atoms with Crippen molar-refractivity contribution >= 4 is 35.0 Å². The molecule has 0 fully saturated rings. The molecule has 3 aromatic rings. The van der Waals surface area contributed by atoms with Crippen molar-refractivity contribution in [1.82, 2.24) is 15.5 Å². The number of nitro groups is 1. The predicted molar refractivity (Wildman–Crippen MR) is 106 cm³/mol. The summed E-state index contributed by atoms with van der Waals surface area (Å²) < 4.78 is 5.13. The maximum atomic E-state index is 11.9. The zero-order chi connectivity index (χ0) is 19.9. The van der Waals surface area contributed by atoms with Crippen LogP contribution < -0.4 is 5.32 Å². The highest BCUT2D eigenvalue weighted by atomic mass is 35.5. The quantitative estimate of drug-likeness (QED) is 0.436. The molecule has 144 valence electrons. The number of nitrogens with one attached hydrogen (secondary N) is 1. The third kappa shape index (κ3) is 5.30. The van der Waals surface area contributed by atoms with Gasteiger partial charge in [0, 0.05) is 23.4 Å². The van der Waals surface area contributed by atoms with Gasteiger partial charge in [0.15, 0.2) is 0 Å². The average molecular weight is 419 g/mol. The molecule has 0 saturated carbocycles. The largest absolute Gasteiger partial charge is 0.346 e. The van der Waals surface area contributed by atoms with Crippen LogP contribution in [0.4, 0.5) is 5.69 Å². The van der Waals surface area contributed by atoms with Gasteiger partial charge in [-0.1, -0.05) is 41.0 Å². The third-order valence-electron chi connectivity index (χ3n) is 3.67.